The van der Waals surface area contributed by atoms with Gasteiger partial charge in [-0.05, 0) is 48.7 Å². The number of anilines is 3. The van der Waals surface area contributed by atoms with Crippen LogP contribution in [0, 0.1) is 4.91 Å². The van der Waals surface area contributed by atoms with Crippen molar-refractivity contribution in [1.82, 2.24) is 4.98 Å². The molecular formula is C24H24N4O3S2. The van der Waals surface area contributed by atoms with Gasteiger partial charge in [0.1, 0.15) is 15.6 Å². The van der Waals surface area contributed by atoms with E-state index in [0.29, 0.717) is 12.3 Å². The molecule has 0 amide bonds. The molecule has 33 heavy (non-hydrogen) atoms. The average Bonchev–Trinajstić information content (AvgIpc) is 3.44. The van der Waals surface area contributed by atoms with Crippen LogP contribution in [0.25, 0.3) is 9.53 Å². The molecule has 1 aliphatic rings. The lowest BCUT2D eigenvalue weighted by Gasteiger charge is -2.31. The van der Waals surface area contributed by atoms with E-state index in [-0.39, 0.29) is 6.10 Å². The average molecular weight is 481 g/mol. The lowest BCUT2D eigenvalue weighted by molar-refractivity contribution is 0.0251. The SMILES string of the molecule is COc1ccc(N(N=O)c2cc3sc(N4CCC(OCc5ccccc5)CC4)nc3s2)cc1. The summed E-state index contributed by atoms with van der Waals surface area (Å²) in [5.41, 5.74) is 1.90. The minimum Gasteiger partial charge on any atom is -0.497 e. The number of nitroso groups, excluding NO2 is 1. The largest absolute Gasteiger partial charge is 0.497 e. The first-order chi connectivity index (χ1) is 16.2. The fraction of sp³-hybridized carbons (Fsp3) is 0.292. The lowest BCUT2D eigenvalue weighted by atomic mass is 10.1. The summed E-state index contributed by atoms with van der Waals surface area (Å²) in [5.74, 6) is 0.734. The molecule has 1 aliphatic heterocycles. The van der Waals surface area contributed by atoms with E-state index in [1.807, 2.05) is 48.5 Å². The zero-order chi connectivity index (χ0) is 22.6. The van der Waals surface area contributed by atoms with Crippen LogP contribution in [0.1, 0.15) is 18.4 Å². The first kappa shape index (κ1) is 21.8. The molecule has 5 rings (SSSR count). The molecular weight excluding hydrogens is 456 g/mol. The molecule has 1 saturated heterocycles. The van der Waals surface area contributed by atoms with Gasteiger partial charge in [-0.15, -0.1) is 4.91 Å². The molecule has 2 aromatic carbocycles. The number of aromatic nitrogens is 1. The van der Waals surface area contributed by atoms with Crippen molar-refractivity contribution in [3.63, 3.8) is 0 Å². The van der Waals surface area contributed by atoms with Crippen molar-refractivity contribution in [2.45, 2.75) is 25.6 Å². The van der Waals surface area contributed by atoms with Gasteiger partial charge in [-0.1, -0.05) is 53.0 Å². The summed E-state index contributed by atoms with van der Waals surface area (Å²) in [6, 6.07) is 19.6. The number of nitrogens with zero attached hydrogens (tertiary/aromatic N) is 4. The van der Waals surface area contributed by atoms with Crippen molar-refractivity contribution in [1.29, 1.82) is 0 Å². The summed E-state index contributed by atoms with van der Waals surface area (Å²) >= 11 is 3.13. The molecule has 0 unspecified atom stereocenters. The molecule has 0 atom stereocenters. The number of hydrogen-bond donors (Lipinski definition) is 0. The Morgan fingerprint density at radius 2 is 1.85 bits per heavy atom. The summed E-state index contributed by atoms with van der Waals surface area (Å²) in [5, 5.41) is 6.40. The maximum Gasteiger partial charge on any atom is 0.187 e. The molecule has 1 fully saturated rings. The number of thiazole rings is 1. The van der Waals surface area contributed by atoms with Crippen molar-refractivity contribution in [2.75, 3.05) is 30.1 Å². The number of benzene rings is 2. The normalized spacial score (nSPS) is 14.5. The number of hydrogen-bond acceptors (Lipinski definition) is 8. The van der Waals surface area contributed by atoms with Crippen molar-refractivity contribution in [3.05, 3.63) is 71.1 Å². The number of piperidine rings is 1. The molecule has 9 heteroatoms. The lowest BCUT2D eigenvalue weighted by Crippen LogP contribution is -2.36. The third-order valence-corrected chi connectivity index (χ3v) is 7.91. The van der Waals surface area contributed by atoms with E-state index in [0.717, 1.165) is 51.3 Å². The topological polar surface area (TPSA) is 67.3 Å². The molecule has 0 saturated carbocycles. The van der Waals surface area contributed by atoms with Gasteiger partial charge in [0, 0.05) is 13.1 Å². The van der Waals surface area contributed by atoms with Gasteiger partial charge in [-0.25, -0.2) is 4.98 Å². The first-order valence-electron chi connectivity index (χ1n) is 10.8. The van der Waals surface area contributed by atoms with E-state index < -0.39 is 0 Å². The molecule has 3 heterocycles. The van der Waals surface area contributed by atoms with Crippen molar-refractivity contribution < 1.29 is 9.47 Å². The van der Waals surface area contributed by atoms with Gasteiger partial charge < -0.3 is 14.4 Å². The second kappa shape index (κ2) is 9.86. The Kier molecular flexibility index (Phi) is 6.52. The highest BCUT2D eigenvalue weighted by Crippen LogP contribution is 2.41. The smallest absolute Gasteiger partial charge is 0.187 e. The summed E-state index contributed by atoms with van der Waals surface area (Å²) < 4.78 is 12.4. The van der Waals surface area contributed by atoms with Gasteiger partial charge in [0.2, 0.25) is 0 Å². The Labute approximate surface area is 200 Å². The second-order valence-electron chi connectivity index (χ2n) is 7.82. The Hall–Kier alpha value is -3.01. The van der Waals surface area contributed by atoms with Crippen LogP contribution in [-0.2, 0) is 11.3 Å². The molecule has 7 nitrogen and oxygen atoms in total. The number of fused-ring (bicyclic) bond motifs is 1. The Bertz CT molecular complexity index is 1170. The van der Waals surface area contributed by atoms with Crippen molar-refractivity contribution >= 4 is 48.0 Å². The quantitative estimate of drug-likeness (QED) is 0.216. The maximum atomic E-state index is 11.6. The number of thiophene rings is 1. The minimum atomic E-state index is 0.283. The van der Waals surface area contributed by atoms with Crippen LogP contribution < -0.4 is 14.6 Å². The zero-order valence-electron chi connectivity index (χ0n) is 18.2. The minimum absolute atomic E-state index is 0.283. The molecule has 0 spiro atoms. The maximum absolute atomic E-state index is 11.6. The Balaban J connectivity index is 1.22. The highest BCUT2D eigenvalue weighted by Gasteiger charge is 2.23. The van der Waals surface area contributed by atoms with E-state index in [4.69, 9.17) is 14.5 Å². The molecule has 4 aromatic rings. The highest BCUT2D eigenvalue weighted by atomic mass is 32.1. The third-order valence-electron chi connectivity index (χ3n) is 5.71. The Morgan fingerprint density at radius 1 is 1.09 bits per heavy atom. The van der Waals surface area contributed by atoms with E-state index in [9.17, 15) is 4.91 Å². The van der Waals surface area contributed by atoms with E-state index in [1.165, 1.54) is 21.9 Å². The second-order valence-corrected chi connectivity index (χ2v) is 9.84. The van der Waals surface area contributed by atoms with Crippen molar-refractivity contribution in [2.24, 2.45) is 5.29 Å². The fourth-order valence-corrected chi connectivity index (χ4v) is 6.11. The van der Waals surface area contributed by atoms with Crippen LogP contribution in [0.3, 0.4) is 0 Å². The van der Waals surface area contributed by atoms with Gasteiger partial charge >= 0.3 is 0 Å². The molecule has 0 bridgehead atoms. The van der Waals surface area contributed by atoms with E-state index in [2.05, 4.69) is 22.3 Å². The predicted molar refractivity (Wildman–Crippen MR) is 135 cm³/mol. The highest BCUT2D eigenvalue weighted by molar-refractivity contribution is 7.30. The van der Waals surface area contributed by atoms with Crippen LogP contribution in [0.4, 0.5) is 15.8 Å². The molecule has 0 radical (unpaired) electrons. The van der Waals surface area contributed by atoms with Crippen LogP contribution in [-0.4, -0.2) is 31.3 Å². The van der Waals surface area contributed by atoms with Crippen LogP contribution in [0.15, 0.2) is 65.9 Å². The molecule has 0 N–H and O–H groups in total. The number of methoxy groups -OCH3 is 1. The van der Waals surface area contributed by atoms with Crippen LogP contribution >= 0.6 is 22.7 Å². The van der Waals surface area contributed by atoms with Crippen LogP contribution in [0.2, 0.25) is 0 Å². The summed E-state index contributed by atoms with van der Waals surface area (Å²) in [4.78, 5) is 19.7. The fourth-order valence-electron chi connectivity index (χ4n) is 3.89. The molecule has 2 aromatic heterocycles. The van der Waals surface area contributed by atoms with Crippen molar-refractivity contribution in [3.8, 4) is 5.75 Å². The van der Waals surface area contributed by atoms with Gasteiger partial charge in [0.05, 0.1) is 35.5 Å². The van der Waals surface area contributed by atoms with Crippen LogP contribution in [0.5, 0.6) is 5.75 Å². The summed E-state index contributed by atoms with van der Waals surface area (Å²) in [6.07, 6.45) is 2.27. The third kappa shape index (κ3) is 4.85. The standard InChI is InChI=1S/C24H24N4O3S2/c1-30-19-9-7-18(8-10-19)28(26-29)22-15-21-23(33-22)25-24(32-21)27-13-11-20(12-14-27)31-16-17-5-3-2-4-6-17/h2-10,15,20H,11-14,16H2,1H3. The Morgan fingerprint density at radius 3 is 2.52 bits per heavy atom. The zero-order valence-corrected chi connectivity index (χ0v) is 19.8. The summed E-state index contributed by atoms with van der Waals surface area (Å²) in [6.45, 7) is 2.53. The number of rotatable bonds is 8. The van der Waals surface area contributed by atoms with Gasteiger partial charge in [-0.3, -0.25) is 0 Å². The predicted octanol–water partition coefficient (Wildman–Crippen LogP) is 6.37. The monoisotopic (exact) mass is 480 g/mol. The summed E-state index contributed by atoms with van der Waals surface area (Å²) in [7, 11) is 1.61. The van der Waals surface area contributed by atoms with Gasteiger partial charge in [0.25, 0.3) is 0 Å². The molecule has 0 aliphatic carbocycles. The molecule has 170 valence electrons. The first-order valence-corrected chi connectivity index (χ1v) is 12.4. The number of ether oxygens (including phenoxy) is 2. The van der Waals surface area contributed by atoms with Gasteiger partial charge in [0.15, 0.2) is 5.13 Å². The van der Waals surface area contributed by atoms with Gasteiger partial charge in [-0.2, -0.15) is 5.01 Å². The van der Waals surface area contributed by atoms with E-state index in [1.54, 1.807) is 18.4 Å². The van der Waals surface area contributed by atoms with E-state index >= 15 is 0 Å².